The van der Waals surface area contributed by atoms with Gasteiger partial charge in [0.2, 0.25) is 5.91 Å². The van der Waals surface area contributed by atoms with Gasteiger partial charge in [0.25, 0.3) is 5.56 Å². The van der Waals surface area contributed by atoms with Gasteiger partial charge in [0, 0.05) is 24.5 Å². The largest absolute Gasteiger partial charge is 0.326 e. The van der Waals surface area contributed by atoms with Gasteiger partial charge in [-0.2, -0.15) is 0 Å². The molecule has 0 bridgehead atoms. The molecule has 0 radical (unpaired) electrons. The summed E-state index contributed by atoms with van der Waals surface area (Å²) in [5.74, 6) is -0.193. The van der Waals surface area contributed by atoms with E-state index in [2.05, 4.69) is 10.3 Å². The molecule has 0 spiro atoms. The Morgan fingerprint density at radius 2 is 2.06 bits per heavy atom. The third kappa shape index (κ3) is 4.98. The third-order valence-corrected chi connectivity index (χ3v) is 5.29. The first kappa shape index (κ1) is 20.8. The lowest BCUT2D eigenvalue weighted by Gasteiger charge is -2.07. The predicted octanol–water partition coefficient (Wildman–Crippen LogP) is 4.12. The minimum atomic E-state index is -0.319. The first-order valence-corrected chi connectivity index (χ1v) is 10.3. The normalized spacial score (nSPS) is 12.7. The van der Waals surface area contributed by atoms with Crippen LogP contribution in [0, 0.1) is 0 Å². The molecule has 31 heavy (non-hydrogen) atoms. The molecule has 0 atom stereocenters. The highest BCUT2D eigenvalue weighted by atomic mass is 35.5. The fourth-order valence-electron chi connectivity index (χ4n) is 3.47. The first-order chi connectivity index (χ1) is 15.0. The molecule has 3 heterocycles. The number of nitrogens with one attached hydrogen (secondary N) is 1. The van der Waals surface area contributed by atoms with Gasteiger partial charge in [0.15, 0.2) is 5.78 Å². The molecule has 1 aliphatic heterocycles. The number of Topliss-reactive ketones (excluding diaryl/α,β-unsaturated/α-hetero) is 1. The number of hydrogen-bond acceptors (Lipinski definition) is 4. The molecule has 0 saturated carbocycles. The number of halogens is 1. The molecular weight excluding hydrogens is 414 g/mol. The maximum absolute atomic E-state index is 12.7. The van der Waals surface area contributed by atoms with Crippen LogP contribution in [0.1, 0.15) is 39.9 Å². The van der Waals surface area contributed by atoms with Gasteiger partial charge < -0.3 is 9.88 Å². The maximum atomic E-state index is 12.7. The Labute approximate surface area is 184 Å². The average molecular weight is 434 g/mol. The zero-order valence-electron chi connectivity index (χ0n) is 16.7. The molecule has 1 aromatic carbocycles. The maximum Gasteiger partial charge on any atom is 0.261 e. The van der Waals surface area contributed by atoms with Crippen LogP contribution in [-0.2, 0) is 17.8 Å². The Bertz CT molecular complexity index is 1230. The van der Waals surface area contributed by atoms with Crippen LogP contribution in [-0.4, -0.2) is 21.2 Å². The summed E-state index contributed by atoms with van der Waals surface area (Å²) in [5, 5.41) is 3.21. The molecule has 0 aliphatic carbocycles. The third-order valence-electron chi connectivity index (χ3n) is 5.07. The molecule has 156 valence electrons. The minimum absolute atomic E-state index is 0.00238. The highest BCUT2D eigenvalue weighted by Gasteiger charge is 2.17. The van der Waals surface area contributed by atoms with Crippen LogP contribution in [0.15, 0.2) is 65.7 Å². The molecule has 7 heteroatoms. The van der Waals surface area contributed by atoms with E-state index in [0.29, 0.717) is 24.5 Å². The van der Waals surface area contributed by atoms with Crippen molar-refractivity contribution in [1.82, 2.24) is 9.55 Å². The number of aromatic nitrogens is 2. The summed E-state index contributed by atoms with van der Waals surface area (Å²) in [6, 6.07) is 12.5. The van der Waals surface area contributed by atoms with Gasteiger partial charge in [-0.25, -0.2) is 4.98 Å². The monoisotopic (exact) mass is 433 g/mol. The van der Waals surface area contributed by atoms with E-state index in [-0.39, 0.29) is 29.2 Å². The summed E-state index contributed by atoms with van der Waals surface area (Å²) in [6.07, 6.45) is 8.24. The van der Waals surface area contributed by atoms with Gasteiger partial charge in [-0.15, -0.1) is 0 Å². The van der Waals surface area contributed by atoms with Crippen molar-refractivity contribution in [2.45, 2.75) is 25.8 Å². The highest BCUT2D eigenvalue weighted by Crippen LogP contribution is 2.24. The number of hydrogen-bond donors (Lipinski definition) is 1. The van der Waals surface area contributed by atoms with E-state index in [4.69, 9.17) is 11.6 Å². The molecule has 1 aliphatic rings. The second-order valence-electron chi connectivity index (χ2n) is 7.35. The number of allylic oxidation sites excluding steroid dienone is 1. The van der Waals surface area contributed by atoms with Crippen LogP contribution in [0.2, 0.25) is 5.15 Å². The van der Waals surface area contributed by atoms with Crippen LogP contribution >= 0.6 is 11.6 Å². The van der Waals surface area contributed by atoms with E-state index in [9.17, 15) is 14.4 Å². The fraction of sp³-hybridized carbons (Fsp3) is 0.167. The first-order valence-electron chi connectivity index (χ1n) is 9.92. The van der Waals surface area contributed by atoms with Crippen molar-refractivity contribution in [2.24, 2.45) is 0 Å². The lowest BCUT2D eigenvalue weighted by Crippen LogP contribution is -2.26. The van der Waals surface area contributed by atoms with Crippen molar-refractivity contribution in [3.05, 3.63) is 98.7 Å². The van der Waals surface area contributed by atoms with Crippen molar-refractivity contribution >= 4 is 35.1 Å². The van der Waals surface area contributed by atoms with E-state index in [1.54, 1.807) is 36.7 Å². The molecule has 1 N–H and O–H groups in total. The predicted molar refractivity (Wildman–Crippen MR) is 120 cm³/mol. The summed E-state index contributed by atoms with van der Waals surface area (Å²) in [7, 11) is 0. The number of carbonyl (C=O) groups is 2. The average Bonchev–Trinajstić information content (AvgIpc) is 3.13. The highest BCUT2D eigenvalue weighted by molar-refractivity contribution is 6.29. The number of carbonyl (C=O) groups excluding carboxylic acids is 2. The Morgan fingerprint density at radius 1 is 1.19 bits per heavy atom. The zero-order valence-corrected chi connectivity index (χ0v) is 17.4. The summed E-state index contributed by atoms with van der Waals surface area (Å²) >= 11 is 5.80. The number of ketones is 1. The Kier molecular flexibility index (Phi) is 6.09. The second-order valence-corrected chi connectivity index (χ2v) is 7.74. The standard InChI is InChI=1S/C24H20ClN3O3/c25-22-10-8-17(14-26-22)15-28-11-3-5-19(24(28)31)21(29)6-2-1-4-16-7-9-18-13-23(30)27-20(18)12-16/h1,3-5,7-12,14H,2,6,13,15H2,(H,27,30)/b4-1+. The summed E-state index contributed by atoms with van der Waals surface area (Å²) in [4.78, 5) is 40.8. The van der Waals surface area contributed by atoms with E-state index in [1.165, 1.54) is 4.57 Å². The van der Waals surface area contributed by atoms with Gasteiger partial charge in [0.05, 0.1) is 18.5 Å². The Balaban J connectivity index is 1.38. The number of benzene rings is 1. The molecule has 4 rings (SSSR count). The number of rotatable bonds is 7. The van der Waals surface area contributed by atoms with Crippen LogP contribution in [0.4, 0.5) is 5.69 Å². The van der Waals surface area contributed by atoms with Crippen molar-refractivity contribution in [3.63, 3.8) is 0 Å². The quantitative estimate of drug-likeness (QED) is 0.449. The summed E-state index contributed by atoms with van der Waals surface area (Å²) < 4.78 is 1.49. The number of nitrogens with zero attached hydrogens (tertiary/aromatic N) is 2. The van der Waals surface area contributed by atoms with Gasteiger partial charge >= 0.3 is 0 Å². The summed E-state index contributed by atoms with van der Waals surface area (Å²) in [5.41, 5.74) is 3.46. The van der Waals surface area contributed by atoms with Crippen molar-refractivity contribution in [3.8, 4) is 0 Å². The SMILES string of the molecule is O=C1Cc2ccc(/C=C/CCC(=O)c3cccn(Cc4ccc(Cl)nc4)c3=O)cc2N1. The fourth-order valence-corrected chi connectivity index (χ4v) is 3.59. The van der Waals surface area contributed by atoms with E-state index < -0.39 is 0 Å². The minimum Gasteiger partial charge on any atom is -0.326 e. The smallest absolute Gasteiger partial charge is 0.261 e. The molecule has 0 saturated heterocycles. The number of fused-ring (bicyclic) bond motifs is 1. The van der Waals surface area contributed by atoms with Crippen molar-refractivity contribution in [1.29, 1.82) is 0 Å². The van der Waals surface area contributed by atoms with Crippen LogP contribution < -0.4 is 10.9 Å². The topological polar surface area (TPSA) is 81.1 Å². The molecule has 3 aromatic rings. The number of amides is 1. The molecular formula is C24H20ClN3O3. The van der Waals surface area contributed by atoms with Crippen LogP contribution in [0.5, 0.6) is 0 Å². The van der Waals surface area contributed by atoms with Crippen molar-refractivity contribution < 1.29 is 9.59 Å². The summed E-state index contributed by atoms with van der Waals surface area (Å²) in [6.45, 7) is 0.318. The zero-order chi connectivity index (χ0) is 21.8. The van der Waals surface area contributed by atoms with E-state index in [0.717, 1.165) is 22.4 Å². The molecule has 2 aromatic heterocycles. The molecule has 1 amide bonds. The van der Waals surface area contributed by atoms with Crippen LogP contribution in [0.25, 0.3) is 6.08 Å². The molecule has 0 fully saturated rings. The van der Waals surface area contributed by atoms with Gasteiger partial charge in [-0.3, -0.25) is 14.4 Å². The number of pyridine rings is 2. The van der Waals surface area contributed by atoms with Gasteiger partial charge in [-0.05, 0) is 47.4 Å². The van der Waals surface area contributed by atoms with E-state index >= 15 is 0 Å². The lowest BCUT2D eigenvalue weighted by atomic mass is 10.1. The second kappa shape index (κ2) is 9.10. The molecule has 0 unspecified atom stereocenters. The van der Waals surface area contributed by atoms with E-state index in [1.807, 2.05) is 30.4 Å². The Hall–Kier alpha value is -3.51. The molecule has 6 nitrogen and oxygen atoms in total. The van der Waals surface area contributed by atoms with Gasteiger partial charge in [0.1, 0.15) is 5.15 Å². The Morgan fingerprint density at radius 3 is 2.87 bits per heavy atom. The van der Waals surface area contributed by atoms with Gasteiger partial charge in [-0.1, -0.05) is 42.0 Å². The lowest BCUT2D eigenvalue weighted by molar-refractivity contribution is -0.115. The number of anilines is 1. The van der Waals surface area contributed by atoms with Crippen LogP contribution in [0.3, 0.4) is 0 Å². The van der Waals surface area contributed by atoms with Crippen molar-refractivity contribution in [2.75, 3.05) is 5.32 Å².